The van der Waals surface area contributed by atoms with Crippen LogP contribution in [0.1, 0.15) is 29.4 Å². The summed E-state index contributed by atoms with van der Waals surface area (Å²) in [6.45, 7) is 3.32. The molecule has 220 valence electrons. The molecule has 0 aliphatic carbocycles. The molecule has 1 saturated heterocycles. The van der Waals surface area contributed by atoms with Gasteiger partial charge in [-0.25, -0.2) is 4.39 Å². The Hall–Kier alpha value is -4.54. The normalized spacial score (nSPS) is 14.7. The molecular formula is C32H29ClFN5O4. The zero-order valence-electron chi connectivity index (χ0n) is 23.4. The molecule has 0 bridgehead atoms. The van der Waals surface area contributed by atoms with Crippen LogP contribution in [0.4, 0.5) is 10.1 Å². The van der Waals surface area contributed by atoms with E-state index in [0.29, 0.717) is 41.4 Å². The summed E-state index contributed by atoms with van der Waals surface area (Å²) in [5.41, 5.74) is 2.29. The number of nitrogens with zero attached hydrogens (tertiary/aromatic N) is 5. The quantitative estimate of drug-likeness (QED) is 0.257. The first-order chi connectivity index (χ1) is 20.8. The molecule has 11 heteroatoms. The second kappa shape index (κ2) is 12.0. The third-order valence-electron chi connectivity index (χ3n) is 7.82. The van der Waals surface area contributed by atoms with E-state index in [0.717, 1.165) is 18.7 Å². The zero-order valence-corrected chi connectivity index (χ0v) is 24.2. The van der Waals surface area contributed by atoms with Crippen LogP contribution in [0.3, 0.4) is 0 Å². The van der Waals surface area contributed by atoms with E-state index in [4.69, 9.17) is 16.1 Å². The van der Waals surface area contributed by atoms with Crippen molar-refractivity contribution in [2.45, 2.75) is 18.9 Å². The van der Waals surface area contributed by atoms with Gasteiger partial charge in [0.2, 0.25) is 17.1 Å². The van der Waals surface area contributed by atoms with Crippen molar-refractivity contribution in [1.29, 1.82) is 0 Å². The summed E-state index contributed by atoms with van der Waals surface area (Å²) in [5.74, 6) is -2.15. The van der Waals surface area contributed by atoms with Crippen molar-refractivity contribution >= 4 is 34.2 Å². The molecule has 0 radical (unpaired) electrons. The number of aromatic nitrogens is 3. The van der Waals surface area contributed by atoms with Crippen molar-refractivity contribution < 1.29 is 18.8 Å². The maximum absolute atomic E-state index is 15.6. The van der Waals surface area contributed by atoms with Gasteiger partial charge >= 0.3 is 5.97 Å². The van der Waals surface area contributed by atoms with Crippen LogP contribution >= 0.6 is 11.6 Å². The third-order valence-corrected chi connectivity index (χ3v) is 8.07. The number of hydrogen-bond acceptors (Lipinski definition) is 7. The van der Waals surface area contributed by atoms with Gasteiger partial charge in [0.25, 0.3) is 0 Å². The van der Waals surface area contributed by atoms with Crippen LogP contribution in [0, 0.1) is 5.82 Å². The zero-order chi connectivity index (χ0) is 30.1. The summed E-state index contributed by atoms with van der Waals surface area (Å²) in [4.78, 5) is 34.2. The van der Waals surface area contributed by atoms with Gasteiger partial charge < -0.3 is 24.0 Å². The highest BCUT2D eigenvalue weighted by Gasteiger charge is 2.26. The molecule has 2 aromatic heterocycles. The van der Waals surface area contributed by atoms with Gasteiger partial charge in [0.1, 0.15) is 5.82 Å². The van der Waals surface area contributed by atoms with Crippen molar-refractivity contribution in [3.8, 4) is 11.4 Å². The van der Waals surface area contributed by atoms with Gasteiger partial charge in [-0.15, -0.1) is 0 Å². The van der Waals surface area contributed by atoms with Gasteiger partial charge in [0.15, 0.2) is 0 Å². The molecule has 0 saturated carbocycles. The molecule has 1 N–H and O–H groups in total. The van der Waals surface area contributed by atoms with E-state index >= 15 is 4.39 Å². The molecule has 1 fully saturated rings. The molecule has 1 unspecified atom stereocenters. The van der Waals surface area contributed by atoms with E-state index in [1.165, 1.54) is 6.07 Å². The number of halogens is 2. The number of carboxylic acids is 1. The fourth-order valence-corrected chi connectivity index (χ4v) is 5.59. The largest absolute Gasteiger partial charge is 0.481 e. The monoisotopic (exact) mass is 601 g/mol. The van der Waals surface area contributed by atoms with Crippen molar-refractivity contribution in [1.82, 2.24) is 19.6 Å². The smallest absolute Gasteiger partial charge is 0.304 e. The molecule has 0 spiro atoms. The Morgan fingerprint density at radius 2 is 1.79 bits per heavy atom. The van der Waals surface area contributed by atoms with E-state index in [1.54, 1.807) is 48.7 Å². The van der Waals surface area contributed by atoms with E-state index in [2.05, 4.69) is 15.0 Å². The standard InChI is InChI=1S/C32H29ClFN5O4/c1-37-11-13-38(14-12-37)28-17-27-24(15-26(28)34)30(42)25(19-39(27)18-20-7-9-22(33)10-8-20)31-35-32(43-36-31)23(16-29(40)41)21-5-3-2-4-6-21/h2-10,15,17,19,23H,11-14,16,18H2,1H3,(H,40,41). The lowest BCUT2D eigenvalue weighted by Gasteiger charge is -2.34. The van der Waals surface area contributed by atoms with Crippen LogP contribution in [0.2, 0.25) is 5.02 Å². The first kappa shape index (κ1) is 28.6. The predicted octanol–water partition coefficient (Wildman–Crippen LogP) is 5.25. The Labute approximate surface area is 251 Å². The Morgan fingerprint density at radius 1 is 1.07 bits per heavy atom. The van der Waals surface area contributed by atoms with E-state index < -0.39 is 23.1 Å². The number of carboxylic acid groups (broad SMARTS) is 1. The number of anilines is 1. The minimum atomic E-state index is -1.03. The SMILES string of the molecule is CN1CCN(c2cc3c(cc2F)c(=O)c(-c2noc(C(CC(=O)O)c4ccccc4)n2)cn3Cc2ccc(Cl)cc2)CC1. The van der Waals surface area contributed by atoms with Gasteiger partial charge in [-0.1, -0.05) is 59.2 Å². The first-order valence-electron chi connectivity index (χ1n) is 13.9. The van der Waals surface area contributed by atoms with Crippen molar-refractivity contribution in [2.24, 2.45) is 0 Å². The highest BCUT2D eigenvalue weighted by molar-refractivity contribution is 6.30. The lowest BCUT2D eigenvalue weighted by atomic mass is 9.96. The summed E-state index contributed by atoms with van der Waals surface area (Å²) >= 11 is 6.11. The molecule has 3 heterocycles. The average Bonchev–Trinajstić information content (AvgIpc) is 3.49. The summed E-state index contributed by atoms with van der Waals surface area (Å²) in [6.07, 6.45) is 1.37. The molecule has 1 atom stereocenters. The van der Waals surface area contributed by atoms with Crippen LogP contribution in [0.5, 0.6) is 0 Å². The second-order valence-electron chi connectivity index (χ2n) is 10.8. The minimum Gasteiger partial charge on any atom is -0.481 e. The fourth-order valence-electron chi connectivity index (χ4n) is 5.46. The Bertz CT molecular complexity index is 1830. The number of fused-ring (bicyclic) bond motifs is 1. The number of carbonyl (C=O) groups is 1. The molecule has 5 aromatic rings. The summed E-state index contributed by atoms with van der Waals surface area (Å²) in [6, 6.07) is 19.4. The Morgan fingerprint density at radius 3 is 2.49 bits per heavy atom. The second-order valence-corrected chi connectivity index (χ2v) is 11.2. The van der Waals surface area contributed by atoms with Gasteiger partial charge in [0.05, 0.1) is 29.1 Å². The molecular weight excluding hydrogens is 573 g/mol. The molecule has 9 nitrogen and oxygen atoms in total. The minimum absolute atomic E-state index is 0.00151. The summed E-state index contributed by atoms with van der Waals surface area (Å²) in [5, 5.41) is 14.4. The number of aliphatic carboxylic acids is 1. The van der Waals surface area contributed by atoms with Crippen molar-refractivity contribution in [2.75, 3.05) is 38.1 Å². The molecule has 0 amide bonds. The van der Waals surface area contributed by atoms with E-state index in [9.17, 15) is 14.7 Å². The van der Waals surface area contributed by atoms with Gasteiger partial charge in [-0.3, -0.25) is 9.59 Å². The molecule has 1 aliphatic rings. The predicted molar refractivity (Wildman–Crippen MR) is 162 cm³/mol. The number of benzene rings is 3. The first-order valence-corrected chi connectivity index (χ1v) is 14.3. The van der Waals surface area contributed by atoms with Gasteiger partial charge in [0, 0.05) is 49.3 Å². The third kappa shape index (κ3) is 6.02. The average molecular weight is 602 g/mol. The molecule has 43 heavy (non-hydrogen) atoms. The molecule has 1 aliphatic heterocycles. The van der Waals surface area contributed by atoms with Crippen LogP contribution in [0.25, 0.3) is 22.3 Å². The number of hydrogen-bond donors (Lipinski definition) is 1. The number of rotatable bonds is 8. The van der Waals surface area contributed by atoms with Crippen molar-refractivity contribution in [3.63, 3.8) is 0 Å². The highest BCUT2D eigenvalue weighted by Crippen LogP contribution is 2.31. The van der Waals surface area contributed by atoms with Crippen LogP contribution in [-0.4, -0.2) is 63.9 Å². The lowest BCUT2D eigenvalue weighted by molar-refractivity contribution is -0.137. The number of pyridine rings is 1. The Balaban J connectivity index is 1.47. The molecule has 6 rings (SSSR count). The van der Waals surface area contributed by atoms with E-state index in [-0.39, 0.29) is 29.1 Å². The van der Waals surface area contributed by atoms with Crippen LogP contribution in [0.15, 0.2) is 82.2 Å². The maximum Gasteiger partial charge on any atom is 0.304 e. The van der Waals surface area contributed by atoms with Crippen LogP contribution < -0.4 is 10.3 Å². The lowest BCUT2D eigenvalue weighted by Crippen LogP contribution is -2.44. The number of likely N-dealkylation sites (N-methyl/N-ethyl adjacent to an activating group) is 1. The summed E-state index contributed by atoms with van der Waals surface area (Å²) in [7, 11) is 2.03. The number of piperazine rings is 1. The van der Waals surface area contributed by atoms with E-state index in [1.807, 2.05) is 34.7 Å². The van der Waals surface area contributed by atoms with Gasteiger partial charge in [-0.2, -0.15) is 4.98 Å². The summed E-state index contributed by atoms with van der Waals surface area (Å²) < 4.78 is 23.0. The van der Waals surface area contributed by atoms with Crippen molar-refractivity contribution in [3.05, 3.63) is 111 Å². The fraction of sp³-hybridized carbons (Fsp3) is 0.250. The topological polar surface area (TPSA) is 105 Å². The highest BCUT2D eigenvalue weighted by atomic mass is 35.5. The maximum atomic E-state index is 15.6. The van der Waals surface area contributed by atoms with Gasteiger partial charge in [-0.05, 0) is 42.4 Å². The Kier molecular flexibility index (Phi) is 7.96. The molecule has 3 aromatic carbocycles. The van der Waals surface area contributed by atoms with Crippen LogP contribution in [-0.2, 0) is 11.3 Å².